The zero-order valence-electron chi connectivity index (χ0n) is 14.6. The van der Waals surface area contributed by atoms with Gasteiger partial charge in [0.05, 0.1) is 13.7 Å². The second-order valence-electron chi connectivity index (χ2n) is 5.34. The highest BCUT2D eigenvalue weighted by Gasteiger charge is 2.15. The van der Waals surface area contributed by atoms with Crippen LogP contribution in [0, 0.1) is 5.82 Å². The Kier molecular flexibility index (Phi) is 7.50. The lowest BCUT2D eigenvalue weighted by Gasteiger charge is -2.19. The van der Waals surface area contributed by atoms with Crippen molar-refractivity contribution in [2.45, 2.75) is 0 Å². The lowest BCUT2D eigenvalue weighted by atomic mass is 10.2. The number of hydrogen-bond donors (Lipinski definition) is 0. The standard InChI is InChI=1S/C19H20FNO4S/c1-24-12-11-21(13-19(23)25-2)18(22)10-8-14-7-9-17(26-14)15-5-3-4-6-16(15)20/h3-10H,11-13H2,1-2H3/b10-8+. The topological polar surface area (TPSA) is 55.8 Å². The van der Waals surface area contributed by atoms with E-state index >= 15 is 0 Å². The van der Waals surface area contributed by atoms with Crippen molar-refractivity contribution >= 4 is 29.3 Å². The van der Waals surface area contributed by atoms with Crippen molar-refractivity contribution in [3.63, 3.8) is 0 Å². The molecule has 0 radical (unpaired) electrons. The Labute approximate surface area is 155 Å². The van der Waals surface area contributed by atoms with Gasteiger partial charge in [-0.3, -0.25) is 9.59 Å². The zero-order chi connectivity index (χ0) is 18.9. The predicted molar refractivity (Wildman–Crippen MR) is 99.2 cm³/mol. The lowest BCUT2D eigenvalue weighted by Crippen LogP contribution is -2.37. The van der Waals surface area contributed by atoms with Crippen LogP contribution in [0.5, 0.6) is 0 Å². The molecule has 1 aromatic heterocycles. The number of carbonyl (C=O) groups excluding carboxylic acids is 2. The summed E-state index contributed by atoms with van der Waals surface area (Å²) in [6, 6.07) is 10.2. The molecule has 0 saturated heterocycles. The quantitative estimate of drug-likeness (QED) is 0.524. The Hall–Kier alpha value is -2.51. The predicted octanol–water partition coefficient (Wildman–Crippen LogP) is 3.22. The molecule has 0 saturated carbocycles. The molecule has 138 valence electrons. The van der Waals surface area contributed by atoms with E-state index in [1.165, 1.54) is 42.6 Å². The van der Waals surface area contributed by atoms with Crippen LogP contribution in [0.3, 0.4) is 0 Å². The smallest absolute Gasteiger partial charge is 0.325 e. The molecule has 0 N–H and O–H groups in total. The second-order valence-corrected chi connectivity index (χ2v) is 6.46. The van der Waals surface area contributed by atoms with E-state index < -0.39 is 5.97 Å². The number of benzene rings is 1. The van der Waals surface area contributed by atoms with Gasteiger partial charge in [-0.2, -0.15) is 0 Å². The van der Waals surface area contributed by atoms with Crippen LogP contribution in [0.1, 0.15) is 4.88 Å². The first-order valence-corrected chi connectivity index (χ1v) is 8.74. The minimum Gasteiger partial charge on any atom is -0.468 e. The molecule has 2 rings (SSSR count). The minimum absolute atomic E-state index is 0.145. The first-order chi connectivity index (χ1) is 12.5. The number of nitrogens with zero attached hydrogens (tertiary/aromatic N) is 1. The summed E-state index contributed by atoms with van der Waals surface area (Å²) >= 11 is 1.38. The molecule has 7 heteroatoms. The summed E-state index contributed by atoms with van der Waals surface area (Å²) in [7, 11) is 2.79. The highest BCUT2D eigenvalue weighted by Crippen LogP contribution is 2.30. The summed E-state index contributed by atoms with van der Waals surface area (Å²) in [6.07, 6.45) is 3.03. The summed E-state index contributed by atoms with van der Waals surface area (Å²) in [5, 5.41) is 0. The minimum atomic E-state index is -0.499. The number of rotatable bonds is 8. The van der Waals surface area contributed by atoms with Gasteiger partial charge in [0, 0.05) is 35.0 Å². The van der Waals surface area contributed by atoms with E-state index in [9.17, 15) is 14.0 Å². The van der Waals surface area contributed by atoms with Crippen LogP contribution >= 0.6 is 11.3 Å². The van der Waals surface area contributed by atoms with Gasteiger partial charge in [-0.15, -0.1) is 11.3 Å². The Morgan fingerprint density at radius 1 is 1.19 bits per heavy atom. The number of ether oxygens (including phenoxy) is 2. The van der Waals surface area contributed by atoms with Crippen LogP contribution in [-0.4, -0.2) is 50.7 Å². The van der Waals surface area contributed by atoms with Crippen LogP contribution in [0.2, 0.25) is 0 Å². The fourth-order valence-electron chi connectivity index (χ4n) is 2.20. The van der Waals surface area contributed by atoms with Crippen molar-refractivity contribution in [3.8, 4) is 10.4 Å². The maximum absolute atomic E-state index is 13.9. The SMILES string of the molecule is COCCN(CC(=O)OC)C(=O)/C=C/c1ccc(-c2ccccc2F)s1. The average Bonchev–Trinajstić information content (AvgIpc) is 3.12. The highest BCUT2D eigenvalue weighted by atomic mass is 32.1. The largest absolute Gasteiger partial charge is 0.468 e. The van der Waals surface area contributed by atoms with Crippen molar-refractivity contribution < 1.29 is 23.5 Å². The van der Waals surface area contributed by atoms with E-state index in [1.807, 2.05) is 12.1 Å². The highest BCUT2D eigenvalue weighted by molar-refractivity contribution is 7.16. The third-order valence-electron chi connectivity index (χ3n) is 3.58. The molecule has 26 heavy (non-hydrogen) atoms. The van der Waals surface area contributed by atoms with Crippen molar-refractivity contribution in [2.24, 2.45) is 0 Å². The van der Waals surface area contributed by atoms with Gasteiger partial charge in [-0.25, -0.2) is 4.39 Å². The molecule has 1 amide bonds. The van der Waals surface area contributed by atoms with Crippen LogP contribution in [-0.2, 0) is 19.1 Å². The molecule has 0 spiro atoms. The molecule has 0 aliphatic heterocycles. The molecule has 2 aromatic rings. The molecule has 0 aliphatic rings. The molecule has 1 aromatic carbocycles. The molecule has 0 bridgehead atoms. The van der Waals surface area contributed by atoms with Gasteiger partial charge in [-0.1, -0.05) is 18.2 Å². The molecule has 0 fully saturated rings. The Balaban J connectivity index is 2.08. The summed E-state index contributed by atoms with van der Waals surface area (Å²) in [4.78, 5) is 26.7. The molecule has 1 heterocycles. The van der Waals surface area contributed by atoms with Crippen LogP contribution < -0.4 is 0 Å². The van der Waals surface area contributed by atoms with Gasteiger partial charge in [0.15, 0.2) is 0 Å². The fraction of sp³-hybridized carbons (Fsp3) is 0.263. The third-order valence-corrected chi connectivity index (χ3v) is 4.66. The zero-order valence-corrected chi connectivity index (χ0v) is 15.4. The molecule has 5 nitrogen and oxygen atoms in total. The van der Waals surface area contributed by atoms with E-state index in [2.05, 4.69) is 4.74 Å². The fourth-order valence-corrected chi connectivity index (χ4v) is 3.13. The van der Waals surface area contributed by atoms with E-state index in [0.717, 1.165) is 9.75 Å². The maximum atomic E-state index is 13.9. The van der Waals surface area contributed by atoms with E-state index in [-0.39, 0.29) is 24.8 Å². The van der Waals surface area contributed by atoms with Gasteiger partial charge < -0.3 is 14.4 Å². The number of thiophene rings is 1. The third kappa shape index (κ3) is 5.50. The van der Waals surface area contributed by atoms with E-state index in [1.54, 1.807) is 24.3 Å². The average molecular weight is 377 g/mol. The van der Waals surface area contributed by atoms with Gasteiger partial charge in [0.2, 0.25) is 5.91 Å². The molecule has 0 atom stereocenters. The summed E-state index contributed by atoms with van der Waals surface area (Å²) in [5.41, 5.74) is 0.524. The first kappa shape index (κ1) is 19.8. The second kappa shape index (κ2) is 9.84. The Morgan fingerprint density at radius 3 is 2.65 bits per heavy atom. The van der Waals surface area contributed by atoms with Gasteiger partial charge in [0.25, 0.3) is 0 Å². The van der Waals surface area contributed by atoms with Crippen LogP contribution in [0.15, 0.2) is 42.5 Å². The lowest BCUT2D eigenvalue weighted by molar-refractivity contribution is -0.145. The Morgan fingerprint density at radius 2 is 1.96 bits per heavy atom. The van der Waals surface area contributed by atoms with E-state index in [4.69, 9.17) is 4.74 Å². The first-order valence-electron chi connectivity index (χ1n) is 7.92. The van der Waals surface area contributed by atoms with Crippen molar-refractivity contribution in [1.29, 1.82) is 0 Å². The number of amides is 1. The van der Waals surface area contributed by atoms with Gasteiger partial charge in [0.1, 0.15) is 12.4 Å². The normalized spacial score (nSPS) is 10.9. The van der Waals surface area contributed by atoms with Gasteiger partial charge >= 0.3 is 5.97 Å². The molecular formula is C19H20FNO4S. The Bertz CT molecular complexity index is 787. The number of esters is 1. The van der Waals surface area contributed by atoms with Crippen LogP contribution in [0.4, 0.5) is 4.39 Å². The molecule has 0 aliphatic carbocycles. The number of carbonyl (C=O) groups is 2. The molecular weight excluding hydrogens is 357 g/mol. The van der Waals surface area contributed by atoms with Gasteiger partial charge in [-0.05, 0) is 24.3 Å². The van der Waals surface area contributed by atoms with Crippen LogP contribution in [0.25, 0.3) is 16.5 Å². The van der Waals surface area contributed by atoms with Crippen molar-refractivity contribution in [1.82, 2.24) is 4.90 Å². The maximum Gasteiger partial charge on any atom is 0.325 e. The van der Waals surface area contributed by atoms with Crippen molar-refractivity contribution in [3.05, 3.63) is 53.2 Å². The summed E-state index contributed by atoms with van der Waals surface area (Å²) in [6.45, 7) is 0.445. The van der Waals surface area contributed by atoms with Crippen molar-refractivity contribution in [2.75, 3.05) is 33.9 Å². The number of halogens is 1. The summed E-state index contributed by atoms with van der Waals surface area (Å²) < 4.78 is 23.4. The van der Waals surface area contributed by atoms with E-state index in [0.29, 0.717) is 12.2 Å². The monoisotopic (exact) mass is 377 g/mol. The number of methoxy groups -OCH3 is 2. The summed E-state index contributed by atoms with van der Waals surface area (Å²) in [5.74, 6) is -1.11. The molecule has 0 unspecified atom stereocenters. The number of hydrogen-bond acceptors (Lipinski definition) is 5.